The highest BCUT2D eigenvalue weighted by atomic mass is 32.1. The topological polar surface area (TPSA) is 49.5 Å². The normalized spacial score (nSPS) is 10.8. The molecule has 0 aliphatic rings. The molecular weight excluding hydrogens is 258 g/mol. The molecule has 1 rings (SSSR count). The number of rotatable bonds is 6. The molecule has 3 N–H and O–H groups in total. The van der Waals surface area contributed by atoms with Crippen LogP contribution in [0.3, 0.4) is 0 Å². The molecule has 1 aromatic heterocycles. The zero-order valence-electron chi connectivity index (χ0n) is 9.90. The van der Waals surface area contributed by atoms with E-state index >= 15 is 0 Å². The van der Waals surface area contributed by atoms with Gasteiger partial charge in [0.25, 0.3) is 6.43 Å². The average Bonchev–Trinajstić information content (AvgIpc) is 2.73. The number of halogens is 2. The molecule has 0 unspecified atom stereocenters. The summed E-state index contributed by atoms with van der Waals surface area (Å²) < 4.78 is 24.7. The number of nitrogens with two attached hydrogens (primary N) is 1. The fourth-order valence-corrected chi connectivity index (χ4v) is 2.39. The lowest BCUT2D eigenvalue weighted by atomic mass is 10.3. The fourth-order valence-electron chi connectivity index (χ4n) is 1.46. The highest BCUT2D eigenvalue weighted by molar-refractivity contribution is 7.12. The molecule has 0 aliphatic heterocycles. The van der Waals surface area contributed by atoms with Crippen LogP contribution in [0.5, 0.6) is 0 Å². The Hall–Kier alpha value is -1.00. The van der Waals surface area contributed by atoms with Gasteiger partial charge in [-0.3, -0.25) is 4.90 Å². The number of thiophene rings is 1. The Morgan fingerprint density at radius 2 is 2.22 bits per heavy atom. The first kappa shape index (κ1) is 15.1. The van der Waals surface area contributed by atoms with Crippen LogP contribution in [0.4, 0.5) is 8.78 Å². The van der Waals surface area contributed by atoms with Crippen LogP contribution < -0.4 is 5.73 Å². The van der Waals surface area contributed by atoms with Crippen molar-refractivity contribution in [2.24, 2.45) is 5.73 Å². The van der Waals surface area contributed by atoms with E-state index in [9.17, 15) is 8.78 Å². The smallest absolute Gasteiger partial charge is 0.251 e. The number of hydrogen-bond donors (Lipinski definition) is 2. The van der Waals surface area contributed by atoms with Gasteiger partial charge in [0.1, 0.15) is 0 Å². The summed E-state index contributed by atoms with van der Waals surface area (Å²) in [6, 6.07) is 3.71. The second kappa shape index (κ2) is 8.16. The van der Waals surface area contributed by atoms with Gasteiger partial charge in [0.2, 0.25) is 0 Å². The first-order valence-corrected chi connectivity index (χ1v) is 6.36. The lowest BCUT2D eigenvalue weighted by Gasteiger charge is -2.19. The van der Waals surface area contributed by atoms with Crippen LogP contribution in [-0.2, 0) is 6.54 Å². The minimum atomic E-state index is -2.40. The number of nitrogens with zero attached hydrogens (tertiary/aromatic N) is 1. The van der Waals surface area contributed by atoms with Gasteiger partial charge in [0, 0.05) is 18.0 Å². The lowest BCUT2D eigenvalue weighted by molar-refractivity contribution is 0.0751. The summed E-state index contributed by atoms with van der Waals surface area (Å²) in [7, 11) is 0. The molecule has 0 aliphatic carbocycles. The third-order valence-electron chi connectivity index (χ3n) is 2.17. The predicted molar refractivity (Wildman–Crippen MR) is 68.6 cm³/mol. The molecule has 0 bridgehead atoms. The maximum Gasteiger partial charge on any atom is 0.251 e. The SMILES string of the molecule is NCC#Cc1ccc(CN(CCO)CC(F)F)s1. The van der Waals surface area contributed by atoms with Gasteiger partial charge >= 0.3 is 0 Å². The van der Waals surface area contributed by atoms with Gasteiger partial charge in [-0.2, -0.15) is 0 Å². The number of aliphatic hydroxyl groups is 1. The van der Waals surface area contributed by atoms with Gasteiger partial charge in [-0.1, -0.05) is 11.8 Å². The number of aliphatic hydroxyl groups excluding tert-OH is 1. The van der Waals surface area contributed by atoms with Gasteiger partial charge in [0.05, 0.1) is 24.6 Å². The molecule has 1 aromatic rings. The third-order valence-corrected chi connectivity index (χ3v) is 3.15. The summed E-state index contributed by atoms with van der Waals surface area (Å²) in [5, 5.41) is 8.83. The Morgan fingerprint density at radius 1 is 1.44 bits per heavy atom. The van der Waals surface area contributed by atoms with Crippen molar-refractivity contribution in [3.63, 3.8) is 0 Å². The largest absolute Gasteiger partial charge is 0.395 e. The molecule has 0 radical (unpaired) electrons. The molecular formula is C12H16F2N2OS. The van der Waals surface area contributed by atoms with Gasteiger partial charge in [-0.15, -0.1) is 11.3 Å². The molecule has 0 atom stereocenters. The lowest BCUT2D eigenvalue weighted by Crippen LogP contribution is -2.30. The highest BCUT2D eigenvalue weighted by Crippen LogP contribution is 2.17. The summed E-state index contributed by atoms with van der Waals surface area (Å²) >= 11 is 1.46. The van der Waals surface area contributed by atoms with E-state index in [1.54, 1.807) is 0 Å². The van der Waals surface area contributed by atoms with E-state index in [1.807, 2.05) is 12.1 Å². The van der Waals surface area contributed by atoms with Crippen molar-refractivity contribution >= 4 is 11.3 Å². The van der Waals surface area contributed by atoms with E-state index in [-0.39, 0.29) is 19.7 Å². The summed E-state index contributed by atoms with van der Waals surface area (Å²) in [5.74, 6) is 5.64. The summed E-state index contributed by atoms with van der Waals surface area (Å²) in [6.07, 6.45) is -2.40. The maximum absolute atomic E-state index is 12.3. The van der Waals surface area contributed by atoms with E-state index in [4.69, 9.17) is 10.8 Å². The Labute approximate surface area is 109 Å². The molecule has 1 heterocycles. The van der Waals surface area contributed by atoms with E-state index < -0.39 is 6.43 Å². The summed E-state index contributed by atoms with van der Waals surface area (Å²) in [6.45, 7) is 0.487. The van der Waals surface area contributed by atoms with Crippen LogP contribution in [0.15, 0.2) is 12.1 Å². The van der Waals surface area contributed by atoms with Gasteiger partial charge in [0.15, 0.2) is 0 Å². The predicted octanol–water partition coefficient (Wildman–Crippen LogP) is 1.12. The van der Waals surface area contributed by atoms with Gasteiger partial charge in [-0.25, -0.2) is 8.78 Å². The second-order valence-corrected chi connectivity index (χ2v) is 4.79. The Morgan fingerprint density at radius 3 is 2.83 bits per heavy atom. The molecule has 18 heavy (non-hydrogen) atoms. The van der Waals surface area contributed by atoms with E-state index in [1.165, 1.54) is 16.2 Å². The van der Waals surface area contributed by atoms with Crippen LogP contribution in [-0.4, -0.2) is 42.7 Å². The number of hydrogen-bond acceptors (Lipinski definition) is 4. The van der Waals surface area contributed by atoms with Gasteiger partial charge < -0.3 is 10.8 Å². The van der Waals surface area contributed by atoms with Crippen molar-refractivity contribution in [1.29, 1.82) is 0 Å². The van der Waals surface area contributed by atoms with Crippen LogP contribution in [0.1, 0.15) is 9.75 Å². The fraction of sp³-hybridized carbons (Fsp3) is 0.500. The molecule has 0 saturated heterocycles. The molecule has 0 spiro atoms. The molecule has 6 heteroatoms. The first-order chi connectivity index (χ1) is 8.65. The molecule has 0 aromatic carbocycles. The van der Waals surface area contributed by atoms with Crippen molar-refractivity contribution in [3.8, 4) is 11.8 Å². The van der Waals surface area contributed by atoms with E-state index in [0.29, 0.717) is 13.1 Å². The first-order valence-electron chi connectivity index (χ1n) is 5.54. The van der Waals surface area contributed by atoms with Crippen LogP contribution in [0.25, 0.3) is 0 Å². The molecule has 100 valence electrons. The Bertz CT molecular complexity index is 412. The quantitative estimate of drug-likeness (QED) is 0.764. The molecule has 0 saturated carbocycles. The summed E-state index contributed by atoms with van der Waals surface area (Å²) in [4.78, 5) is 3.35. The van der Waals surface area contributed by atoms with Gasteiger partial charge in [-0.05, 0) is 12.1 Å². The number of alkyl halides is 2. The second-order valence-electron chi connectivity index (χ2n) is 3.62. The Kier molecular flexibility index (Phi) is 6.83. The van der Waals surface area contributed by atoms with Crippen molar-refractivity contribution < 1.29 is 13.9 Å². The highest BCUT2D eigenvalue weighted by Gasteiger charge is 2.12. The summed E-state index contributed by atoms with van der Waals surface area (Å²) in [5.41, 5.74) is 5.27. The minimum Gasteiger partial charge on any atom is -0.395 e. The van der Waals surface area contributed by atoms with Crippen LogP contribution in [0, 0.1) is 11.8 Å². The van der Waals surface area contributed by atoms with Crippen molar-refractivity contribution in [2.75, 3.05) is 26.2 Å². The molecule has 3 nitrogen and oxygen atoms in total. The van der Waals surface area contributed by atoms with E-state index in [0.717, 1.165) is 9.75 Å². The maximum atomic E-state index is 12.3. The molecule has 0 amide bonds. The minimum absolute atomic E-state index is 0.127. The zero-order chi connectivity index (χ0) is 13.4. The monoisotopic (exact) mass is 274 g/mol. The van der Waals surface area contributed by atoms with Crippen molar-refractivity contribution in [1.82, 2.24) is 4.90 Å². The van der Waals surface area contributed by atoms with Crippen molar-refractivity contribution in [2.45, 2.75) is 13.0 Å². The van der Waals surface area contributed by atoms with E-state index in [2.05, 4.69) is 11.8 Å². The Balaban J connectivity index is 2.60. The zero-order valence-corrected chi connectivity index (χ0v) is 10.7. The van der Waals surface area contributed by atoms with Crippen molar-refractivity contribution in [3.05, 3.63) is 21.9 Å². The average molecular weight is 274 g/mol. The van der Waals surface area contributed by atoms with Crippen LogP contribution >= 0.6 is 11.3 Å². The van der Waals surface area contributed by atoms with Crippen LogP contribution in [0.2, 0.25) is 0 Å². The molecule has 0 fully saturated rings. The third kappa shape index (κ3) is 5.56. The standard InChI is InChI=1S/C12H16F2N2OS/c13-12(14)9-16(6-7-17)8-11-4-3-10(18-11)2-1-5-15/h3-4,12,17H,5-9,15H2.